The Kier molecular flexibility index (Phi) is 6.36. The zero-order valence-corrected chi connectivity index (χ0v) is 14.9. The normalized spacial score (nSPS) is 10.3. The summed E-state index contributed by atoms with van der Waals surface area (Å²) in [5, 5.41) is 2.96. The lowest BCUT2D eigenvalue weighted by atomic mass is 10.2. The van der Waals surface area contributed by atoms with Gasteiger partial charge in [-0.3, -0.25) is 14.4 Å². The molecule has 0 aliphatic carbocycles. The van der Waals surface area contributed by atoms with E-state index in [4.69, 9.17) is 27.9 Å². The first-order chi connectivity index (χ1) is 11.4. The van der Waals surface area contributed by atoms with Gasteiger partial charge < -0.3 is 10.1 Å². The van der Waals surface area contributed by atoms with Crippen LogP contribution in [0.5, 0.6) is 0 Å². The third-order valence-corrected chi connectivity index (χ3v) is 4.74. The van der Waals surface area contributed by atoms with Crippen LogP contribution in [-0.2, 0) is 9.53 Å². The van der Waals surface area contributed by atoms with Crippen molar-refractivity contribution in [2.24, 2.45) is 0 Å². The predicted molar refractivity (Wildman–Crippen MR) is 93.1 cm³/mol. The van der Waals surface area contributed by atoms with Crippen molar-refractivity contribution in [1.82, 2.24) is 5.32 Å². The van der Waals surface area contributed by atoms with E-state index in [9.17, 15) is 14.4 Å². The lowest BCUT2D eigenvalue weighted by molar-refractivity contribution is -0.141. The summed E-state index contributed by atoms with van der Waals surface area (Å²) in [5.74, 6) is -1.48. The maximum absolute atomic E-state index is 11.9. The summed E-state index contributed by atoms with van der Waals surface area (Å²) in [6, 6.07) is 7.86. The highest BCUT2D eigenvalue weighted by Gasteiger charge is 2.13. The first-order valence-electron chi connectivity index (χ1n) is 6.85. The number of thiophene rings is 1. The molecule has 0 bridgehead atoms. The van der Waals surface area contributed by atoms with E-state index in [1.807, 2.05) is 13.0 Å². The van der Waals surface area contributed by atoms with Gasteiger partial charge in [0, 0.05) is 10.4 Å². The molecule has 2 aromatic rings. The first-order valence-corrected chi connectivity index (χ1v) is 8.42. The van der Waals surface area contributed by atoms with Crippen LogP contribution in [0.25, 0.3) is 0 Å². The van der Waals surface area contributed by atoms with Crippen molar-refractivity contribution in [2.45, 2.75) is 6.92 Å². The number of nitrogens with one attached hydrogen (secondary N) is 1. The summed E-state index contributed by atoms with van der Waals surface area (Å²) < 4.78 is 4.85. The van der Waals surface area contributed by atoms with Gasteiger partial charge in [-0.1, -0.05) is 23.2 Å². The van der Waals surface area contributed by atoms with Gasteiger partial charge in [-0.05, 0) is 37.3 Å². The van der Waals surface area contributed by atoms with Gasteiger partial charge in [0.25, 0.3) is 5.91 Å². The Hall–Kier alpha value is -1.89. The molecular formula is C16H13Cl2NO4S. The lowest BCUT2D eigenvalue weighted by Crippen LogP contribution is -2.31. The largest absolute Gasteiger partial charge is 0.456 e. The highest BCUT2D eigenvalue weighted by atomic mass is 35.5. The van der Waals surface area contributed by atoms with E-state index in [1.54, 1.807) is 6.07 Å². The second-order valence-electron chi connectivity index (χ2n) is 4.81. The van der Waals surface area contributed by atoms with Gasteiger partial charge in [0.05, 0.1) is 14.9 Å². The Morgan fingerprint density at radius 2 is 1.88 bits per heavy atom. The van der Waals surface area contributed by atoms with Crippen LogP contribution in [0.15, 0.2) is 30.3 Å². The summed E-state index contributed by atoms with van der Waals surface area (Å²) in [4.78, 5) is 36.8. The average Bonchev–Trinajstić information content (AvgIpc) is 2.99. The van der Waals surface area contributed by atoms with Crippen molar-refractivity contribution in [3.8, 4) is 0 Å². The van der Waals surface area contributed by atoms with Crippen molar-refractivity contribution >= 4 is 52.2 Å². The van der Waals surface area contributed by atoms with Gasteiger partial charge in [-0.25, -0.2) is 0 Å². The number of halogens is 2. The second kappa shape index (κ2) is 8.28. The molecule has 0 radical (unpaired) electrons. The first kappa shape index (κ1) is 18.4. The zero-order chi connectivity index (χ0) is 17.7. The van der Waals surface area contributed by atoms with Crippen LogP contribution in [0.3, 0.4) is 0 Å². The molecule has 0 unspecified atom stereocenters. The molecule has 1 aromatic heterocycles. The molecule has 2 rings (SSSR count). The quantitative estimate of drug-likeness (QED) is 0.609. The Morgan fingerprint density at radius 3 is 2.50 bits per heavy atom. The average molecular weight is 386 g/mol. The van der Waals surface area contributed by atoms with Gasteiger partial charge in [0.15, 0.2) is 6.61 Å². The van der Waals surface area contributed by atoms with Crippen LogP contribution in [0.1, 0.15) is 24.9 Å². The van der Waals surface area contributed by atoms with Gasteiger partial charge >= 0.3 is 5.97 Å². The molecule has 0 spiro atoms. The minimum atomic E-state index is -0.704. The summed E-state index contributed by atoms with van der Waals surface area (Å²) >= 11 is 12.9. The van der Waals surface area contributed by atoms with Crippen LogP contribution >= 0.6 is 34.5 Å². The van der Waals surface area contributed by atoms with Crippen LogP contribution in [-0.4, -0.2) is 30.8 Å². The molecular weight excluding hydrogens is 373 g/mol. The third kappa shape index (κ3) is 5.06. The number of esters is 1. The van der Waals surface area contributed by atoms with E-state index >= 15 is 0 Å². The van der Waals surface area contributed by atoms with Crippen molar-refractivity contribution in [3.05, 3.63) is 55.7 Å². The number of rotatable bonds is 6. The smallest absolute Gasteiger partial charge is 0.325 e. The minimum Gasteiger partial charge on any atom is -0.456 e. The molecule has 8 heteroatoms. The Bertz CT molecular complexity index is 788. The number of Topliss-reactive ketones (excluding diaryl/α,β-unsaturated/α-hetero) is 1. The summed E-state index contributed by atoms with van der Waals surface area (Å²) in [6.07, 6.45) is 0. The van der Waals surface area contributed by atoms with E-state index < -0.39 is 11.9 Å². The van der Waals surface area contributed by atoms with Crippen molar-refractivity contribution in [1.29, 1.82) is 0 Å². The number of ether oxygens (including phenoxy) is 1. The van der Waals surface area contributed by atoms with E-state index in [2.05, 4.69) is 5.32 Å². The van der Waals surface area contributed by atoms with E-state index in [0.29, 0.717) is 9.90 Å². The fourth-order valence-corrected chi connectivity index (χ4v) is 2.83. The molecule has 1 aromatic carbocycles. The number of amides is 1. The highest BCUT2D eigenvalue weighted by molar-refractivity contribution is 7.14. The highest BCUT2D eigenvalue weighted by Crippen LogP contribution is 2.22. The monoisotopic (exact) mass is 385 g/mol. The summed E-state index contributed by atoms with van der Waals surface area (Å²) in [6.45, 7) is 1.17. The number of aryl methyl sites for hydroxylation is 1. The molecule has 24 heavy (non-hydrogen) atoms. The molecule has 5 nitrogen and oxygen atoms in total. The fraction of sp³-hybridized carbons (Fsp3) is 0.188. The minimum absolute atomic E-state index is 0.240. The van der Waals surface area contributed by atoms with Crippen LogP contribution in [0, 0.1) is 6.92 Å². The SMILES string of the molecule is Cc1ccc(C(=O)COC(=O)CNC(=O)c2ccc(Cl)c(Cl)c2)s1. The number of ketones is 1. The van der Waals surface area contributed by atoms with Gasteiger partial charge in [-0.15, -0.1) is 11.3 Å². The Morgan fingerprint density at radius 1 is 1.12 bits per heavy atom. The molecule has 126 valence electrons. The number of carbonyl (C=O) groups is 3. The predicted octanol–water partition coefficient (Wildman–Crippen LogP) is 3.52. The van der Waals surface area contributed by atoms with E-state index in [0.717, 1.165) is 4.88 Å². The van der Waals surface area contributed by atoms with Crippen molar-refractivity contribution in [2.75, 3.05) is 13.2 Å². The molecule has 0 aliphatic heterocycles. The number of hydrogen-bond acceptors (Lipinski definition) is 5. The van der Waals surface area contributed by atoms with Crippen molar-refractivity contribution in [3.63, 3.8) is 0 Å². The van der Waals surface area contributed by atoms with Crippen LogP contribution in [0.4, 0.5) is 0 Å². The zero-order valence-electron chi connectivity index (χ0n) is 12.6. The van der Waals surface area contributed by atoms with Gasteiger partial charge in [0.2, 0.25) is 5.78 Å². The molecule has 1 N–H and O–H groups in total. The topological polar surface area (TPSA) is 72.5 Å². The maximum Gasteiger partial charge on any atom is 0.325 e. The molecule has 0 saturated carbocycles. The second-order valence-corrected chi connectivity index (χ2v) is 6.91. The van der Waals surface area contributed by atoms with Crippen LogP contribution in [0.2, 0.25) is 10.0 Å². The summed E-state index contributed by atoms with van der Waals surface area (Å²) in [5.41, 5.74) is 0.266. The maximum atomic E-state index is 11.9. The van der Waals surface area contributed by atoms with Crippen LogP contribution < -0.4 is 5.32 Å². The molecule has 0 fully saturated rings. The number of hydrogen-bond donors (Lipinski definition) is 1. The third-order valence-electron chi connectivity index (χ3n) is 2.95. The molecule has 0 aliphatic rings. The number of benzene rings is 1. The van der Waals surface area contributed by atoms with Gasteiger partial charge in [-0.2, -0.15) is 0 Å². The number of carbonyl (C=O) groups excluding carboxylic acids is 3. The van der Waals surface area contributed by atoms with E-state index in [-0.39, 0.29) is 29.5 Å². The Balaban J connectivity index is 1.79. The lowest BCUT2D eigenvalue weighted by Gasteiger charge is -2.06. The van der Waals surface area contributed by atoms with Gasteiger partial charge in [0.1, 0.15) is 6.54 Å². The molecule has 1 heterocycles. The van der Waals surface area contributed by atoms with Crippen molar-refractivity contribution < 1.29 is 19.1 Å². The molecule has 0 atom stereocenters. The molecule has 1 amide bonds. The summed E-state index contributed by atoms with van der Waals surface area (Å²) in [7, 11) is 0. The van der Waals surface area contributed by atoms with E-state index in [1.165, 1.54) is 29.5 Å². The fourth-order valence-electron chi connectivity index (χ4n) is 1.74. The Labute approximate surface area is 152 Å². The standard InChI is InChI=1S/C16H13Cl2NO4S/c1-9-2-5-14(24-9)13(20)8-23-15(21)7-19-16(22)10-3-4-11(17)12(18)6-10/h2-6H,7-8H2,1H3,(H,19,22). The molecule has 0 saturated heterocycles.